The summed E-state index contributed by atoms with van der Waals surface area (Å²) in [7, 11) is 1.52. The van der Waals surface area contributed by atoms with Gasteiger partial charge < -0.3 is 4.74 Å². The molecule has 0 amide bonds. The van der Waals surface area contributed by atoms with Crippen LogP contribution in [0.4, 0.5) is 4.39 Å². The fourth-order valence-corrected chi connectivity index (χ4v) is 2.42. The summed E-state index contributed by atoms with van der Waals surface area (Å²) in [6, 6.07) is 1.34. The minimum atomic E-state index is -0.338. The largest absolute Gasteiger partial charge is 0.494 e. The maximum absolute atomic E-state index is 13.0. The van der Waals surface area contributed by atoms with Crippen LogP contribution in [0.25, 0.3) is 0 Å². The van der Waals surface area contributed by atoms with E-state index in [-0.39, 0.29) is 5.82 Å². The van der Waals surface area contributed by atoms with Crippen molar-refractivity contribution in [3.63, 3.8) is 0 Å². The normalized spacial score (nSPS) is 10.1. The molecule has 0 atom stereocenters. The van der Waals surface area contributed by atoms with Gasteiger partial charge in [-0.1, -0.05) is 0 Å². The Morgan fingerprint density at radius 2 is 1.83 bits per heavy atom. The smallest absolute Gasteiger partial charge is 0.148 e. The van der Waals surface area contributed by atoms with Crippen molar-refractivity contribution in [2.45, 2.75) is 0 Å². The summed E-state index contributed by atoms with van der Waals surface area (Å²) in [6.45, 7) is 0. The summed E-state index contributed by atoms with van der Waals surface area (Å²) < 4.78 is 19.5. The molecular formula is C7H4Br3FO. The highest BCUT2D eigenvalue weighted by atomic mass is 79.9. The van der Waals surface area contributed by atoms with Gasteiger partial charge in [-0.25, -0.2) is 4.39 Å². The average Bonchev–Trinajstić information content (AvgIpc) is 2.01. The van der Waals surface area contributed by atoms with Crippen LogP contribution in [0.5, 0.6) is 5.75 Å². The van der Waals surface area contributed by atoms with E-state index in [1.54, 1.807) is 0 Å². The highest BCUT2D eigenvalue weighted by Gasteiger charge is 2.13. The summed E-state index contributed by atoms with van der Waals surface area (Å²) >= 11 is 9.46. The van der Waals surface area contributed by atoms with Crippen LogP contribution in [0.3, 0.4) is 0 Å². The third kappa shape index (κ3) is 1.83. The summed E-state index contributed by atoms with van der Waals surface area (Å²) in [6.07, 6.45) is 0. The van der Waals surface area contributed by atoms with E-state index in [4.69, 9.17) is 4.74 Å². The van der Waals surface area contributed by atoms with Crippen LogP contribution in [0.2, 0.25) is 0 Å². The van der Waals surface area contributed by atoms with E-state index >= 15 is 0 Å². The Labute approximate surface area is 94.7 Å². The molecule has 0 saturated carbocycles. The number of hydrogen-bond donors (Lipinski definition) is 0. The second-order valence-corrected chi connectivity index (χ2v) is 4.44. The standard InChI is InChI=1S/C7H4Br3FO/c1-12-7-3(8)2-4(11)5(9)6(7)10/h2H,1H3. The predicted octanol–water partition coefficient (Wildman–Crippen LogP) is 4.12. The maximum Gasteiger partial charge on any atom is 0.148 e. The fourth-order valence-electron chi connectivity index (χ4n) is 0.737. The molecule has 0 heterocycles. The molecule has 12 heavy (non-hydrogen) atoms. The Morgan fingerprint density at radius 3 is 2.33 bits per heavy atom. The molecule has 0 fully saturated rings. The molecule has 66 valence electrons. The molecule has 1 aromatic rings. The number of methoxy groups -OCH3 is 1. The summed E-state index contributed by atoms with van der Waals surface area (Å²) in [5.41, 5.74) is 0. The van der Waals surface area contributed by atoms with Gasteiger partial charge in [0.25, 0.3) is 0 Å². The molecule has 0 bridgehead atoms. The molecule has 0 aromatic heterocycles. The van der Waals surface area contributed by atoms with Gasteiger partial charge in [-0.3, -0.25) is 0 Å². The summed E-state index contributed by atoms with van der Waals surface area (Å²) in [4.78, 5) is 0. The zero-order valence-electron chi connectivity index (χ0n) is 6.00. The molecule has 0 unspecified atom stereocenters. The lowest BCUT2D eigenvalue weighted by molar-refractivity contribution is 0.407. The SMILES string of the molecule is COc1c(Br)cc(F)c(Br)c1Br. The lowest BCUT2D eigenvalue weighted by atomic mass is 10.3. The van der Waals surface area contributed by atoms with Gasteiger partial charge in [-0.2, -0.15) is 0 Å². The van der Waals surface area contributed by atoms with E-state index in [2.05, 4.69) is 47.8 Å². The van der Waals surface area contributed by atoms with E-state index in [9.17, 15) is 4.39 Å². The molecule has 0 aliphatic rings. The Bertz CT molecular complexity index is 314. The molecule has 5 heteroatoms. The van der Waals surface area contributed by atoms with Gasteiger partial charge in [0, 0.05) is 0 Å². The van der Waals surface area contributed by atoms with Gasteiger partial charge in [0.05, 0.1) is 20.5 Å². The number of hydrogen-bond acceptors (Lipinski definition) is 1. The van der Waals surface area contributed by atoms with Gasteiger partial charge in [0.2, 0.25) is 0 Å². The second-order valence-electron chi connectivity index (χ2n) is 2.00. The molecule has 0 aliphatic carbocycles. The molecule has 0 radical (unpaired) electrons. The Kier molecular flexibility index (Phi) is 3.55. The lowest BCUT2D eigenvalue weighted by Gasteiger charge is -2.07. The molecule has 1 nitrogen and oxygen atoms in total. The van der Waals surface area contributed by atoms with E-state index in [0.717, 1.165) is 0 Å². The van der Waals surface area contributed by atoms with Crippen molar-refractivity contribution in [3.8, 4) is 5.75 Å². The topological polar surface area (TPSA) is 9.23 Å². The first kappa shape index (κ1) is 10.5. The van der Waals surface area contributed by atoms with Gasteiger partial charge in [-0.15, -0.1) is 0 Å². The molecule has 0 saturated heterocycles. The predicted molar refractivity (Wildman–Crippen MR) is 56.1 cm³/mol. The van der Waals surface area contributed by atoms with Crippen molar-refractivity contribution in [2.75, 3.05) is 7.11 Å². The van der Waals surface area contributed by atoms with Gasteiger partial charge in [0.1, 0.15) is 11.6 Å². The van der Waals surface area contributed by atoms with Crippen LogP contribution in [-0.4, -0.2) is 7.11 Å². The van der Waals surface area contributed by atoms with Crippen molar-refractivity contribution < 1.29 is 9.13 Å². The van der Waals surface area contributed by atoms with E-state index in [1.807, 2.05) is 0 Å². The minimum Gasteiger partial charge on any atom is -0.494 e. The summed E-state index contributed by atoms with van der Waals surface area (Å²) in [5.74, 6) is 0.234. The Morgan fingerprint density at radius 1 is 1.25 bits per heavy atom. The zero-order valence-corrected chi connectivity index (χ0v) is 10.8. The second kappa shape index (κ2) is 4.07. The van der Waals surface area contributed by atoms with Crippen LogP contribution in [-0.2, 0) is 0 Å². The van der Waals surface area contributed by atoms with Crippen molar-refractivity contribution in [1.82, 2.24) is 0 Å². The molecule has 1 rings (SSSR count). The lowest BCUT2D eigenvalue weighted by Crippen LogP contribution is -1.89. The van der Waals surface area contributed by atoms with E-state index < -0.39 is 0 Å². The van der Waals surface area contributed by atoms with Crippen LogP contribution in [0, 0.1) is 5.82 Å². The first-order valence-electron chi connectivity index (χ1n) is 2.95. The van der Waals surface area contributed by atoms with Crippen molar-refractivity contribution >= 4 is 47.8 Å². The third-order valence-electron chi connectivity index (χ3n) is 1.28. The first-order chi connectivity index (χ1) is 5.57. The first-order valence-corrected chi connectivity index (χ1v) is 5.32. The minimum absolute atomic E-state index is 0.338. The zero-order chi connectivity index (χ0) is 9.30. The maximum atomic E-state index is 13.0. The van der Waals surface area contributed by atoms with Crippen molar-refractivity contribution in [2.24, 2.45) is 0 Å². The number of benzene rings is 1. The molecule has 0 aliphatic heterocycles. The molecule has 0 N–H and O–H groups in total. The number of rotatable bonds is 1. The highest BCUT2D eigenvalue weighted by molar-refractivity contribution is 9.13. The fraction of sp³-hybridized carbons (Fsp3) is 0.143. The average molecular weight is 363 g/mol. The Balaban J connectivity index is 3.40. The molecule has 0 spiro atoms. The Hall–Kier alpha value is 0.390. The van der Waals surface area contributed by atoms with E-state index in [1.165, 1.54) is 13.2 Å². The van der Waals surface area contributed by atoms with Crippen molar-refractivity contribution in [1.29, 1.82) is 0 Å². The summed E-state index contributed by atoms with van der Waals surface area (Å²) in [5, 5.41) is 0. The highest BCUT2D eigenvalue weighted by Crippen LogP contribution is 2.39. The van der Waals surface area contributed by atoms with Gasteiger partial charge in [0.15, 0.2) is 0 Å². The van der Waals surface area contributed by atoms with Crippen LogP contribution < -0.4 is 4.74 Å². The van der Waals surface area contributed by atoms with Crippen LogP contribution in [0.15, 0.2) is 19.5 Å². The molecule has 1 aromatic carbocycles. The molecular weight excluding hydrogens is 359 g/mol. The monoisotopic (exact) mass is 360 g/mol. The third-order valence-corrected chi connectivity index (χ3v) is 3.93. The van der Waals surface area contributed by atoms with Crippen LogP contribution >= 0.6 is 47.8 Å². The van der Waals surface area contributed by atoms with Crippen LogP contribution in [0.1, 0.15) is 0 Å². The number of halogens is 4. The van der Waals surface area contributed by atoms with Crippen molar-refractivity contribution in [3.05, 3.63) is 25.3 Å². The quantitative estimate of drug-likeness (QED) is 0.539. The number of ether oxygens (including phenoxy) is 1. The van der Waals surface area contributed by atoms with Gasteiger partial charge >= 0.3 is 0 Å². The van der Waals surface area contributed by atoms with E-state index in [0.29, 0.717) is 19.2 Å². The van der Waals surface area contributed by atoms with Gasteiger partial charge in [-0.05, 0) is 53.9 Å².